The Morgan fingerprint density at radius 1 is 1.21 bits per heavy atom. The van der Waals surface area contributed by atoms with Gasteiger partial charge in [-0.1, -0.05) is 24.1 Å². The monoisotopic (exact) mass is 444 g/mol. The molecule has 172 valence electrons. The van der Waals surface area contributed by atoms with E-state index in [1.165, 1.54) is 16.7 Å². The van der Waals surface area contributed by atoms with E-state index in [1.807, 2.05) is 13.0 Å². The molecule has 0 aliphatic carbocycles. The van der Waals surface area contributed by atoms with Crippen LogP contribution in [0.4, 0.5) is 5.82 Å². The highest BCUT2D eigenvalue weighted by Gasteiger charge is 2.32. The third-order valence-corrected chi connectivity index (χ3v) is 6.79. The number of carbonyl (C=O) groups excluding carboxylic acids is 1. The zero-order chi connectivity index (χ0) is 23.7. The lowest BCUT2D eigenvalue weighted by Crippen LogP contribution is -2.54. The number of benzene rings is 1. The van der Waals surface area contributed by atoms with E-state index in [0.29, 0.717) is 31.9 Å². The molecule has 1 saturated heterocycles. The van der Waals surface area contributed by atoms with Crippen LogP contribution in [0.5, 0.6) is 0 Å². The molecule has 0 atom stereocenters. The number of rotatable bonds is 6. The first kappa shape index (κ1) is 22.9. The molecule has 0 spiro atoms. The Bertz CT molecular complexity index is 1250. The number of aryl methyl sites for hydroxylation is 3. The van der Waals surface area contributed by atoms with Crippen molar-refractivity contribution in [3.8, 4) is 11.8 Å². The maximum Gasteiger partial charge on any atom is 0.272 e. The second-order valence-electron chi connectivity index (χ2n) is 8.77. The number of hydrogen-bond acceptors (Lipinski definition) is 4. The maximum atomic E-state index is 13.2. The zero-order valence-electron chi connectivity index (χ0n) is 20.4. The predicted molar refractivity (Wildman–Crippen MR) is 133 cm³/mol. The van der Waals surface area contributed by atoms with Gasteiger partial charge >= 0.3 is 0 Å². The molecule has 1 N–H and O–H groups in total. The van der Waals surface area contributed by atoms with Crippen molar-refractivity contribution in [2.75, 3.05) is 25.5 Å². The summed E-state index contributed by atoms with van der Waals surface area (Å²) in [6.45, 7) is 12.7. The summed E-state index contributed by atoms with van der Waals surface area (Å²) in [5.74, 6) is 6.84. The van der Waals surface area contributed by atoms with Crippen LogP contribution < -0.4 is 5.32 Å². The lowest BCUT2D eigenvalue weighted by molar-refractivity contribution is -0.0194. The minimum absolute atomic E-state index is 0.0570. The van der Waals surface area contributed by atoms with Crippen molar-refractivity contribution in [1.29, 1.82) is 0 Å². The number of nitrogens with zero attached hydrogens (tertiary/aromatic N) is 3. The van der Waals surface area contributed by atoms with Crippen molar-refractivity contribution < 1.29 is 9.53 Å². The van der Waals surface area contributed by atoms with Gasteiger partial charge in [0.25, 0.3) is 5.91 Å². The number of likely N-dealkylation sites (tertiary alicyclic amines) is 1. The molecule has 0 saturated carbocycles. The first-order chi connectivity index (χ1) is 15.8. The van der Waals surface area contributed by atoms with Crippen molar-refractivity contribution in [2.45, 2.75) is 53.8 Å². The standard InChI is InChI=1S/C27H32N4O2/c1-7-8-12-31-20(5)19(4)22-13-24(27(32)30-15-21(16-30)33-6)29-26(25(22)31)28-14-23-17(2)10-9-11-18(23)3/h9-11,13,21H,12,14-16H2,1-6H3,(H,28,29). The number of methoxy groups -OCH3 is 1. The minimum Gasteiger partial charge on any atom is -0.378 e. The molecule has 1 aromatic carbocycles. The Kier molecular flexibility index (Phi) is 6.44. The van der Waals surface area contributed by atoms with Crippen molar-refractivity contribution in [2.24, 2.45) is 0 Å². The lowest BCUT2D eigenvalue weighted by atomic mass is 10.0. The van der Waals surface area contributed by atoms with Crippen molar-refractivity contribution >= 4 is 22.6 Å². The topological polar surface area (TPSA) is 59.4 Å². The molecule has 3 aromatic rings. The van der Waals surface area contributed by atoms with E-state index >= 15 is 0 Å². The van der Waals surface area contributed by atoms with Crippen LogP contribution in [-0.2, 0) is 17.8 Å². The summed E-state index contributed by atoms with van der Waals surface area (Å²) in [6, 6.07) is 8.25. The molecule has 33 heavy (non-hydrogen) atoms. The highest BCUT2D eigenvalue weighted by atomic mass is 16.5. The van der Waals surface area contributed by atoms with Crippen LogP contribution in [0.1, 0.15) is 45.4 Å². The van der Waals surface area contributed by atoms with Crippen LogP contribution in [0.2, 0.25) is 0 Å². The fourth-order valence-electron chi connectivity index (χ4n) is 4.47. The van der Waals surface area contributed by atoms with E-state index in [4.69, 9.17) is 9.72 Å². The summed E-state index contributed by atoms with van der Waals surface area (Å²) in [4.78, 5) is 19.8. The van der Waals surface area contributed by atoms with Crippen molar-refractivity contribution in [3.05, 3.63) is 57.9 Å². The fourth-order valence-corrected chi connectivity index (χ4v) is 4.47. The summed E-state index contributed by atoms with van der Waals surface area (Å²) in [7, 11) is 1.68. The average Bonchev–Trinajstić information content (AvgIpc) is 3.01. The van der Waals surface area contributed by atoms with Gasteiger partial charge < -0.3 is 19.5 Å². The van der Waals surface area contributed by atoms with Crippen LogP contribution in [0.15, 0.2) is 24.3 Å². The van der Waals surface area contributed by atoms with E-state index in [-0.39, 0.29) is 12.0 Å². The molecule has 1 aliphatic rings. The minimum atomic E-state index is -0.0570. The van der Waals surface area contributed by atoms with Crippen molar-refractivity contribution in [3.63, 3.8) is 0 Å². The summed E-state index contributed by atoms with van der Waals surface area (Å²) >= 11 is 0. The number of ether oxygens (including phenoxy) is 1. The van der Waals surface area contributed by atoms with Gasteiger partial charge in [-0.2, -0.15) is 0 Å². The average molecular weight is 445 g/mol. The van der Waals surface area contributed by atoms with Crippen LogP contribution in [-0.4, -0.2) is 46.7 Å². The molecule has 4 rings (SSSR count). The maximum absolute atomic E-state index is 13.2. The summed E-state index contributed by atoms with van der Waals surface area (Å²) < 4.78 is 7.53. The highest BCUT2D eigenvalue weighted by Crippen LogP contribution is 2.32. The third-order valence-electron chi connectivity index (χ3n) is 6.79. The van der Waals surface area contributed by atoms with Crippen LogP contribution in [0.25, 0.3) is 10.9 Å². The predicted octanol–water partition coefficient (Wildman–Crippen LogP) is 4.38. The number of aromatic nitrogens is 2. The van der Waals surface area contributed by atoms with Gasteiger partial charge in [0.2, 0.25) is 0 Å². The smallest absolute Gasteiger partial charge is 0.272 e. The van der Waals surface area contributed by atoms with Gasteiger partial charge in [0.15, 0.2) is 5.82 Å². The Morgan fingerprint density at radius 3 is 2.55 bits per heavy atom. The highest BCUT2D eigenvalue weighted by molar-refractivity contribution is 6.01. The molecule has 1 fully saturated rings. The van der Waals surface area contributed by atoms with Crippen LogP contribution in [0.3, 0.4) is 0 Å². The van der Waals surface area contributed by atoms with Gasteiger partial charge in [0, 0.05) is 37.8 Å². The van der Waals surface area contributed by atoms with E-state index in [2.05, 4.69) is 67.6 Å². The van der Waals surface area contributed by atoms with Gasteiger partial charge in [-0.3, -0.25) is 4.79 Å². The summed E-state index contributed by atoms with van der Waals surface area (Å²) in [5.41, 5.74) is 7.45. The van der Waals surface area contributed by atoms with E-state index in [0.717, 1.165) is 28.0 Å². The molecular weight excluding hydrogens is 412 g/mol. The summed E-state index contributed by atoms with van der Waals surface area (Å²) in [5, 5.41) is 4.60. The number of carbonyl (C=O) groups is 1. The number of anilines is 1. The van der Waals surface area contributed by atoms with Gasteiger partial charge in [-0.25, -0.2) is 4.98 Å². The molecule has 0 radical (unpaired) electrons. The van der Waals surface area contributed by atoms with Gasteiger partial charge in [-0.05, 0) is 62.9 Å². The molecule has 6 heteroatoms. The SMILES string of the molecule is CC#CCn1c(C)c(C)c2cc(C(=O)N3CC(OC)C3)nc(NCc3c(C)cccc3C)c21. The third kappa shape index (κ3) is 4.21. The first-order valence-corrected chi connectivity index (χ1v) is 11.4. The van der Waals surface area contributed by atoms with Gasteiger partial charge in [0.05, 0.1) is 18.2 Å². The second-order valence-corrected chi connectivity index (χ2v) is 8.77. The molecule has 1 amide bonds. The molecule has 0 unspecified atom stereocenters. The Labute approximate surface area is 195 Å². The largest absolute Gasteiger partial charge is 0.378 e. The number of amides is 1. The number of fused-ring (bicyclic) bond motifs is 1. The molecule has 3 heterocycles. The lowest BCUT2D eigenvalue weighted by Gasteiger charge is -2.37. The van der Waals surface area contributed by atoms with Crippen LogP contribution >= 0.6 is 0 Å². The van der Waals surface area contributed by atoms with Gasteiger partial charge in [-0.15, -0.1) is 5.92 Å². The molecule has 6 nitrogen and oxygen atoms in total. The molecule has 2 aromatic heterocycles. The Hall–Kier alpha value is -3.30. The molecular formula is C27H32N4O2. The van der Waals surface area contributed by atoms with Crippen LogP contribution in [0, 0.1) is 39.5 Å². The normalized spacial score (nSPS) is 13.6. The fraction of sp³-hybridized carbons (Fsp3) is 0.407. The number of hydrogen-bond donors (Lipinski definition) is 1. The first-order valence-electron chi connectivity index (χ1n) is 11.4. The van der Waals surface area contributed by atoms with E-state index in [1.54, 1.807) is 12.0 Å². The quantitative estimate of drug-likeness (QED) is 0.574. The Morgan fingerprint density at radius 2 is 1.91 bits per heavy atom. The van der Waals surface area contributed by atoms with Crippen molar-refractivity contribution in [1.82, 2.24) is 14.5 Å². The van der Waals surface area contributed by atoms with E-state index < -0.39 is 0 Å². The Balaban J connectivity index is 1.79. The molecule has 0 bridgehead atoms. The number of nitrogens with one attached hydrogen (secondary N) is 1. The van der Waals surface area contributed by atoms with Gasteiger partial charge in [0.1, 0.15) is 5.69 Å². The summed E-state index contributed by atoms with van der Waals surface area (Å²) in [6.07, 6.45) is 0.108. The van der Waals surface area contributed by atoms with E-state index in [9.17, 15) is 4.79 Å². The second kappa shape index (κ2) is 9.29. The number of pyridine rings is 1. The molecule has 1 aliphatic heterocycles. The zero-order valence-corrected chi connectivity index (χ0v) is 20.4.